The molecule has 0 aliphatic carbocycles. The highest BCUT2D eigenvalue weighted by molar-refractivity contribution is 6.33. The summed E-state index contributed by atoms with van der Waals surface area (Å²) < 4.78 is 18.3. The van der Waals surface area contributed by atoms with Gasteiger partial charge in [0.2, 0.25) is 0 Å². The highest BCUT2D eigenvalue weighted by Crippen LogP contribution is 2.18. The van der Waals surface area contributed by atoms with E-state index in [4.69, 9.17) is 16.1 Å². The van der Waals surface area contributed by atoms with Crippen LogP contribution in [0.5, 0.6) is 0 Å². The van der Waals surface area contributed by atoms with Crippen molar-refractivity contribution in [1.29, 1.82) is 0 Å². The van der Waals surface area contributed by atoms with Crippen LogP contribution in [0.2, 0.25) is 5.02 Å². The molecule has 0 bridgehead atoms. The van der Waals surface area contributed by atoms with Gasteiger partial charge in [0.05, 0.1) is 10.6 Å². The van der Waals surface area contributed by atoms with Crippen LogP contribution in [-0.2, 0) is 0 Å². The van der Waals surface area contributed by atoms with Crippen LogP contribution in [-0.4, -0.2) is 30.1 Å². The van der Waals surface area contributed by atoms with Crippen molar-refractivity contribution in [2.24, 2.45) is 0 Å². The van der Waals surface area contributed by atoms with E-state index in [1.54, 1.807) is 6.92 Å². The SMILES string of the molecule is Cc1cc(C(=O)NCCNC(=O)c2c(F)cccc2Cl)no1. The minimum atomic E-state index is -0.702. The van der Waals surface area contributed by atoms with Crippen molar-refractivity contribution in [2.75, 3.05) is 13.1 Å². The molecule has 1 aromatic heterocycles. The standard InChI is InChI=1S/C14H13ClFN3O3/c1-8-7-11(19-22-8)13(20)17-5-6-18-14(21)12-9(15)3-2-4-10(12)16/h2-4,7H,5-6H2,1H3,(H,17,20)(H,18,21). The first-order valence-electron chi connectivity index (χ1n) is 6.42. The van der Waals surface area contributed by atoms with Crippen LogP contribution in [0.3, 0.4) is 0 Å². The zero-order valence-electron chi connectivity index (χ0n) is 11.7. The predicted octanol–water partition coefficient (Wildman–Crippen LogP) is 1.94. The summed E-state index contributed by atoms with van der Waals surface area (Å²) in [5, 5.41) is 8.60. The molecule has 1 aromatic carbocycles. The van der Waals surface area contributed by atoms with Gasteiger partial charge in [-0.15, -0.1) is 0 Å². The van der Waals surface area contributed by atoms with Crippen LogP contribution in [0, 0.1) is 12.7 Å². The summed E-state index contributed by atoms with van der Waals surface area (Å²) in [5.41, 5.74) is -0.0661. The van der Waals surface area contributed by atoms with E-state index in [1.807, 2.05) is 0 Å². The molecule has 6 nitrogen and oxygen atoms in total. The summed E-state index contributed by atoms with van der Waals surface area (Å²) in [6, 6.07) is 5.48. The summed E-state index contributed by atoms with van der Waals surface area (Å²) in [4.78, 5) is 23.5. The number of hydrogen-bond donors (Lipinski definition) is 2. The van der Waals surface area contributed by atoms with E-state index in [9.17, 15) is 14.0 Å². The number of aromatic nitrogens is 1. The molecule has 0 saturated heterocycles. The fourth-order valence-corrected chi connectivity index (χ4v) is 1.97. The Labute approximate surface area is 130 Å². The Kier molecular flexibility index (Phi) is 5.11. The van der Waals surface area contributed by atoms with Crippen molar-refractivity contribution < 1.29 is 18.5 Å². The molecule has 0 spiro atoms. The first-order chi connectivity index (χ1) is 10.5. The second-order valence-corrected chi connectivity index (χ2v) is 4.84. The second-order valence-electron chi connectivity index (χ2n) is 4.43. The Morgan fingerprint density at radius 1 is 1.27 bits per heavy atom. The fraction of sp³-hybridized carbons (Fsp3) is 0.214. The number of nitrogens with zero attached hydrogens (tertiary/aromatic N) is 1. The number of amides is 2. The van der Waals surface area contributed by atoms with E-state index in [-0.39, 0.29) is 29.4 Å². The molecular formula is C14H13ClFN3O3. The van der Waals surface area contributed by atoms with Gasteiger partial charge in [-0.05, 0) is 19.1 Å². The highest BCUT2D eigenvalue weighted by Gasteiger charge is 2.15. The lowest BCUT2D eigenvalue weighted by atomic mass is 10.2. The normalized spacial score (nSPS) is 10.3. The lowest BCUT2D eigenvalue weighted by Crippen LogP contribution is -2.35. The molecule has 2 amide bonds. The molecule has 0 aliphatic rings. The average Bonchev–Trinajstić information content (AvgIpc) is 2.90. The van der Waals surface area contributed by atoms with Gasteiger partial charge in [-0.3, -0.25) is 9.59 Å². The molecule has 0 atom stereocenters. The Bertz CT molecular complexity index is 682. The predicted molar refractivity (Wildman–Crippen MR) is 77.3 cm³/mol. The topological polar surface area (TPSA) is 84.2 Å². The Morgan fingerprint density at radius 3 is 2.55 bits per heavy atom. The second kappa shape index (κ2) is 7.04. The van der Waals surface area contributed by atoms with Crippen molar-refractivity contribution in [3.05, 3.63) is 52.1 Å². The summed E-state index contributed by atoms with van der Waals surface area (Å²) in [5.74, 6) is -1.25. The van der Waals surface area contributed by atoms with Gasteiger partial charge < -0.3 is 15.2 Å². The molecule has 2 rings (SSSR count). The van der Waals surface area contributed by atoms with Crippen molar-refractivity contribution in [3.8, 4) is 0 Å². The van der Waals surface area contributed by atoms with E-state index < -0.39 is 17.6 Å². The van der Waals surface area contributed by atoms with Gasteiger partial charge in [0, 0.05) is 19.2 Å². The van der Waals surface area contributed by atoms with Crippen molar-refractivity contribution >= 4 is 23.4 Å². The van der Waals surface area contributed by atoms with Crippen LogP contribution in [0.4, 0.5) is 4.39 Å². The Balaban J connectivity index is 1.81. The number of halogens is 2. The molecule has 0 aliphatic heterocycles. The minimum absolute atomic E-state index is 0.0274. The number of nitrogens with one attached hydrogen (secondary N) is 2. The lowest BCUT2D eigenvalue weighted by molar-refractivity contribution is 0.0920. The zero-order valence-corrected chi connectivity index (χ0v) is 12.4. The molecule has 0 unspecified atom stereocenters. The summed E-state index contributed by atoms with van der Waals surface area (Å²) in [6.07, 6.45) is 0. The van der Waals surface area contributed by atoms with E-state index in [2.05, 4.69) is 15.8 Å². The number of rotatable bonds is 5. The van der Waals surface area contributed by atoms with Gasteiger partial charge in [0.15, 0.2) is 5.69 Å². The van der Waals surface area contributed by atoms with Gasteiger partial charge in [-0.2, -0.15) is 0 Å². The molecular weight excluding hydrogens is 313 g/mol. The highest BCUT2D eigenvalue weighted by atomic mass is 35.5. The molecule has 1 heterocycles. The number of hydrogen-bond acceptors (Lipinski definition) is 4. The van der Waals surface area contributed by atoms with E-state index in [0.717, 1.165) is 6.07 Å². The molecule has 0 fully saturated rings. The first-order valence-corrected chi connectivity index (χ1v) is 6.80. The minimum Gasteiger partial charge on any atom is -0.361 e. The number of aryl methyl sites for hydroxylation is 1. The third-order valence-corrected chi connectivity index (χ3v) is 3.06. The quantitative estimate of drug-likeness (QED) is 0.823. The molecule has 22 heavy (non-hydrogen) atoms. The summed E-state index contributed by atoms with van der Waals surface area (Å²) in [6.45, 7) is 1.94. The fourth-order valence-electron chi connectivity index (χ4n) is 1.72. The van der Waals surface area contributed by atoms with Crippen molar-refractivity contribution in [3.63, 3.8) is 0 Å². The molecule has 8 heteroatoms. The summed E-state index contributed by atoms with van der Waals surface area (Å²) >= 11 is 5.78. The van der Waals surface area contributed by atoms with Gasteiger partial charge in [-0.25, -0.2) is 4.39 Å². The average molecular weight is 326 g/mol. The van der Waals surface area contributed by atoms with Crippen molar-refractivity contribution in [2.45, 2.75) is 6.92 Å². The van der Waals surface area contributed by atoms with E-state index >= 15 is 0 Å². The zero-order chi connectivity index (χ0) is 16.1. The van der Waals surface area contributed by atoms with E-state index in [1.165, 1.54) is 18.2 Å². The van der Waals surface area contributed by atoms with Crippen LogP contribution < -0.4 is 10.6 Å². The van der Waals surface area contributed by atoms with Crippen LogP contribution in [0.25, 0.3) is 0 Å². The maximum Gasteiger partial charge on any atom is 0.273 e. The van der Waals surface area contributed by atoms with Crippen molar-refractivity contribution in [1.82, 2.24) is 15.8 Å². The monoisotopic (exact) mass is 325 g/mol. The van der Waals surface area contributed by atoms with Gasteiger partial charge in [0.25, 0.3) is 11.8 Å². The maximum atomic E-state index is 13.5. The number of carbonyl (C=O) groups is 2. The smallest absolute Gasteiger partial charge is 0.273 e. The molecule has 0 saturated carbocycles. The molecule has 0 radical (unpaired) electrons. The van der Waals surface area contributed by atoms with E-state index in [0.29, 0.717) is 5.76 Å². The number of carbonyl (C=O) groups excluding carboxylic acids is 2. The Hall–Kier alpha value is -2.41. The van der Waals surface area contributed by atoms with Gasteiger partial charge in [-0.1, -0.05) is 22.8 Å². The van der Waals surface area contributed by atoms with Crippen LogP contribution in [0.1, 0.15) is 26.6 Å². The van der Waals surface area contributed by atoms with Crippen LogP contribution >= 0.6 is 11.6 Å². The van der Waals surface area contributed by atoms with Gasteiger partial charge >= 0.3 is 0 Å². The maximum absolute atomic E-state index is 13.5. The molecule has 2 N–H and O–H groups in total. The summed E-state index contributed by atoms with van der Waals surface area (Å²) in [7, 11) is 0. The third-order valence-electron chi connectivity index (χ3n) is 2.75. The Morgan fingerprint density at radius 2 is 1.95 bits per heavy atom. The molecule has 2 aromatic rings. The first kappa shape index (κ1) is 16.0. The molecule has 116 valence electrons. The number of benzene rings is 1. The van der Waals surface area contributed by atoms with Crippen LogP contribution in [0.15, 0.2) is 28.8 Å². The third kappa shape index (κ3) is 3.82. The largest absolute Gasteiger partial charge is 0.361 e. The van der Waals surface area contributed by atoms with Gasteiger partial charge in [0.1, 0.15) is 11.6 Å². The lowest BCUT2D eigenvalue weighted by Gasteiger charge is -2.08.